The Bertz CT molecular complexity index is 553. The molecule has 0 aliphatic rings. The SMILES string of the molecule is Cc1csc(CNC(=O)Cc2cccc(Cl)c2)n1. The van der Waals surface area contributed by atoms with Crippen molar-refractivity contribution in [3.05, 3.63) is 50.9 Å². The van der Waals surface area contributed by atoms with E-state index in [0.717, 1.165) is 16.3 Å². The number of aryl methyl sites for hydroxylation is 1. The molecule has 3 nitrogen and oxygen atoms in total. The fourth-order valence-electron chi connectivity index (χ4n) is 1.55. The molecule has 0 saturated heterocycles. The number of carbonyl (C=O) groups is 1. The number of amides is 1. The van der Waals surface area contributed by atoms with Crippen LogP contribution in [0.2, 0.25) is 5.02 Å². The van der Waals surface area contributed by atoms with Crippen LogP contribution >= 0.6 is 22.9 Å². The molecule has 1 amide bonds. The topological polar surface area (TPSA) is 42.0 Å². The van der Waals surface area contributed by atoms with Gasteiger partial charge in [-0.25, -0.2) is 4.98 Å². The highest BCUT2D eigenvalue weighted by molar-refractivity contribution is 7.09. The summed E-state index contributed by atoms with van der Waals surface area (Å²) >= 11 is 7.42. The summed E-state index contributed by atoms with van der Waals surface area (Å²) in [5.41, 5.74) is 1.90. The lowest BCUT2D eigenvalue weighted by molar-refractivity contribution is -0.120. The van der Waals surface area contributed by atoms with Gasteiger partial charge < -0.3 is 5.32 Å². The quantitative estimate of drug-likeness (QED) is 0.935. The number of hydrogen-bond acceptors (Lipinski definition) is 3. The predicted molar refractivity (Wildman–Crippen MR) is 73.9 cm³/mol. The smallest absolute Gasteiger partial charge is 0.224 e. The molecule has 2 rings (SSSR count). The summed E-state index contributed by atoms with van der Waals surface area (Å²) in [6, 6.07) is 7.32. The van der Waals surface area contributed by atoms with Gasteiger partial charge in [0.2, 0.25) is 5.91 Å². The van der Waals surface area contributed by atoms with Gasteiger partial charge in [0.05, 0.1) is 13.0 Å². The van der Waals surface area contributed by atoms with E-state index in [1.807, 2.05) is 24.4 Å². The molecule has 1 aromatic heterocycles. The van der Waals surface area contributed by atoms with Gasteiger partial charge in [0, 0.05) is 16.1 Å². The zero-order valence-electron chi connectivity index (χ0n) is 9.94. The maximum atomic E-state index is 11.7. The lowest BCUT2D eigenvalue weighted by atomic mass is 10.1. The number of aromatic nitrogens is 1. The van der Waals surface area contributed by atoms with Gasteiger partial charge in [-0.3, -0.25) is 4.79 Å². The molecule has 1 heterocycles. The molecule has 1 N–H and O–H groups in total. The van der Waals surface area contributed by atoms with Gasteiger partial charge in [0.1, 0.15) is 5.01 Å². The number of nitrogens with zero attached hydrogens (tertiary/aromatic N) is 1. The van der Waals surface area contributed by atoms with Crippen molar-refractivity contribution >= 4 is 28.8 Å². The van der Waals surface area contributed by atoms with Crippen LogP contribution in [0.25, 0.3) is 0 Å². The third-order valence-corrected chi connectivity index (χ3v) is 3.56. The fraction of sp³-hybridized carbons (Fsp3) is 0.231. The molecular weight excluding hydrogens is 268 g/mol. The Morgan fingerprint density at radius 1 is 1.50 bits per heavy atom. The van der Waals surface area contributed by atoms with E-state index in [1.54, 1.807) is 23.5 Å². The molecule has 0 aliphatic heterocycles. The van der Waals surface area contributed by atoms with Crippen molar-refractivity contribution in [2.45, 2.75) is 19.9 Å². The number of thiazole rings is 1. The van der Waals surface area contributed by atoms with E-state index in [9.17, 15) is 4.79 Å². The van der Waals surface area contributed by atoms with Crippen LogP contribution < -0.4 is 5.32 Å². The lowest BCUT2D eigenvalue weighted by Gasteiger charge is -2.03. The zero-order valence-corrected chi connectivity index (χ0v) is 11.5. The van der Waals surface area contributed by atoms with Gasteiger partial charge in [0.25, 0.3) is 0 Å². The first-order valence-electron chi connectivity index (χ1n) is 5.55. The normalized spacial score (nSPS) is 10.3. The number of rotatable bonds is 4. The second kappa shape index (κ2) is 5.98. The molecule has 2 aromatic rings. The summed E-state index contributed by atoms with van der Waals surface area (Å²) in [6.45, 7) is 2.42. The summed E-state index contributed by atoms with van der Waals surface area (Å²) < 4.78 is 0. The second-order valence-corrected chi connectivity index (χ2v) is 5.35. The van der Waals surface area contributed by atoms with Gasteiger partial charge in [-0.05, 0) is 24.6 Å². The van der Waals surface area contributed by atoms with E-state index in [-0.39, 0.29) is 5.91 Å². The molecule has 0 bridgehead atoms. The van der Waals surface area contributed by atoms with Crippen LogP contribution in [-0.4, -0.2) is 10.9 Å². The highest BCUT2D eigenvalue weighted by Gasteiger charge is 2.05. The average Bonchev–Trinajstić information content (AvgIpc) is 2.73. The summed E-state index contributed by atoms with van der Waals surface area (Å²) in [5.74, 6) is -0.0230. The molecule has 0 aliphatic carbocycles. The van der Waals surface area contributed by atoms with E-state index < -0.39 is 0 Å². The molecule has 0 spiro atoms. The van der Waals surface area contributed by atoms with Crippen LogP contribution in [0.15, 0.2) is 29.6 Å². The van der Waals surface area contributed by atoms with E-state index in [2.05, 4.69) is 10.3 Å². The highest BCUT2D eigenvalue weighted by Crippen LogP contribution is 2.11. The molecule has 0 radical (unpaired) electrons. The lowest BCUT2D eigenvalue weighted by Crippen LogP contribution is -2.24. The third-order valence-electron chi connectivity index (χ3n) is 2.36. The van der Waals surface area contributed by atoms with Crippen molar-refractivity contribution in [2.75, 3.05) is 0 Å². The number of benzene rings is 1. The molecule has 0 saturated carbocycles. The Morgan fingerprint density at radius 3 is 3.00 bits per heavy atom. The van der Waals surface area contributed by atoms with Crippen LogP contribution in [-0.2, 0) is 17.8 Å². The number of nitrogens with one attached hydrogen (secondary N) is 1. The average molecular weight is 281 g/mol. The molecular formula is C13H13ClN2OS. The Morgan fingerprint density at radius 2 is 2.33 bits per heavy atom. The van der Waals surface area contributed by atoms with Crippen molar-refractivity contribution in [3.63, 3.8) is 0 Å². The first kappa shape index (κ1) is 13.1. The van der Waals surface area contributed by atoms with E-state index >= 15 is 0 Å². The first-order chi connectivity index (χ1) is 8.63. The third kappa shape index (κ3) is 3.82. The molecule has 0 atom stereocenters. The maximum absolute atomic E-state index is 11.7. The summed E-state index contributed by atoms with van der Waals surface area (Å²) in [7, 11) is 0. The summed E-state index contributed by atoms with van der Waals surface area (Å²) in [4.78, 5) is 16.0. The molecule has 0 unspecified atom stereocenters. The Kier molecular flexibility index (Phi) is 4.33. The Hall–Kier alpha value is -1.39. The van der Waals surface area contributed by atoms with Gasteiger partial charge in [-0.1, -0.05) is 23.7 Å². The molecule has 5 heteroatoms. The van der Waals surface area contributed by atoms with Crippen molar-refractivity contribution in [2.24, 2.45) is 0 Å². The predicted octanol–water partition coefficient (Wildman–Crippen LogP) is 2.96. The van der Waals surface area contributed by atoms with Crippen LogP contribution in [0, 0.1) is 6.92 Å². The van der Waals surface area contributed by atoms with Crippen molar-refractivity contribution in [1.29, 1.82) is 0 Å². The maximum Gasteiger partial charge on any atom is 0.224 e. The molecule has 0 fully saturated rings. The van der Waals surface area contributed by atoms with Crippen LogP contribution in [0.5, 0.6) is 0 Å². The molecule has 94 valence electrons. The van der Waals surface area contributed by atoms with E-state index in [4.69, 9.17) is 11.6 Å². The first-order valence-corrected chi connectivity index (χ1v) is 6.81. The largest absolute Gasteiger partial charge is 0.349 e. The Balaban J connectivity index is 1.85. The number of carbonyl (C=O) groups excluding carboxylic acids is 1. The van der Waals surface area contributed by atoms with Gasteiger partial charge in [-0.15, -0.1) is 11.3 Å². The monoisotopic (exact) mass is 280 g/mol. The molecule has 18 heavy (non-hydrogen) atoms. The highest BCUT2D eigenvalue weighted by atomic mass is 35.5. The van der Waals surface area contributed by atoms with Crippen molar-refractivity contribution < 1.29 is 4.79 Å². The van der Waals surface area contributed by atoms with Crippen LogP contribution in [0.3, 0.4) is 0 Å². The Labute approximate surface area is 115 Å². The van der Waals surface area contributed by atoms with Crippen molar-refractivity contribution in [1.82, 2.24) is 10.3 Å². The van der Waals surface area contributed by atoms with E-state index in [1.165, 1.54) is 0 Å². The van der Waals surface area contributed by atoms with Crippen LogP contribution in [0.1, 0.15) is 16.3 Å². The number of hydrogen-bond donors (Lipinski definition) is 1. The van der Waals surface area contributed by atoms with E-state index in [0.29, 0.717) is 18.0 Å². The molecule has 1 aromatic carbocycles. The minimum Gasteiger partial charge on any atom is -0.349 e. The van der Waals surface area contributed by atoms with Gasteiger partial charge >= 0.3 is 0 Å². The van der Waals surface area contributed by atoms with Gasteiger partial charge in [0.15, 0.2) is 0 Å². The van der Waals surface area contributed by atoms with Crippen molar-refractivity contribution in [3.8, 4) is 0 Å². The zero-order chi connectivity index (χ0) is 13.0. The van der Waals surface area contributed by atoms with Crippen LogP contribution in [0.4, 0.5) is 0 Å². The summed E-state index contributed by atoms with van der Waals surface area (Å²) in [6.07, 6.45) is 0.338. The standard InChI is InChI=1S/C13H13ClN2OS/c1-9-8-18-13(16-9)7-15-12(17)6-10-3-2-4-11(14)5-10/h2-5,8H,6-7H2,1H3,(H,15,17). The fourth-order valence-corrected chi connectivity index (χ4v) is 2.48. The second-order valence-electron chi connectivity index (χ2n) is 3.97. The minimum atomic E-state index is -0.0230. The summed E-state index contributed by atoms with van der Waals surface area (Å²) in [5, 5.41) is 6.39. The number of halogens is 1. The minimum absolute atomic E-state index is 0.0230. The van der Waals surface area contributed by atoms with Gasteiger partial charge in [-0.2, -0.15) is 0 Å².